The van der Waals surface area contributed by atoms with E-state index in [1.54, 1.807) is 7.11 Å². The van der Waals surface area contributed by atoms with Crippen molar-refractivity contribution in [2.75, 3.05) is 26.8 Å². The molecule has 0 unspecified atom stereocenters. The van der Waals surface area contributed by atoms with Crippen molar-refractivity contribution in [2.24, 2.45) is 0 Å². The second kappa shape index (κ2) is 6.37. The van der Waals surface area contributed by atoms with Crippen molar-refractivity contribution in [3.05, 3.63) is 29.5 Å². The van der Waals surface area contributed by atoms with Crippen LogP contribution in [0.2, 0.25) is 0 Å². The van der Waals surface area contributed by atoms with E-state index in [2.05, 4.69) is 0 Å². The lowest BCUT2D eigenvalue weighted by Gasteiger charge is -2.26. The molecule has 1 amide bonds. The van der Waals surface area contributed by atoms with Crippen LogP contribution in [0.25, 0.3) is 11.0 Å². The van der Waals surface area contributed by atoms with E-state index in [-0.39, 0.29) is 11.5 Å². The zero-order chi connectivity index (χ0) is 17.4. The number of furan rings is 1. The van der Waals surface area contributed by atoms with Crippen LogP contribution in [0.4, 0.5) is 0 Å². The molecule has 25 heavy (non-hydrogen) atoms. The fourth-order valence-corrected chi connectivity index (χ4v) is 4.20. The summed E-state index contributed by atoms with van der Waals surface area (Å²) in [6, 6.07) is 5.68. The Morgan fingerprint density at radius 1 is 1.20 bits per heavy atom. The number of aryl methyl sites for hydroxylation is 1. The van der Waals surface area contributed by atoms with Crippen LogP contribution >= 0.6 is 0 Å². The first-order chi connectivity index (χ1) is 12.1. The number of benzene rings is 1. The highest BCUT2D eigenvalue weighted by Gasteiger charge is 2.38. The van der Waals surface area contributed by atoms with Gasteiger partial charge in [0.25, 0.3) is 5.91 Å². The van der Waals surface area contributed by atoms with E-state index in [1.165, 1.54) is 0 Å². The van der Waals surface area contributed by atoms with Gasteiger partial charge in [0.1, 0.15) is 11.3 Å². The maximum absolute atomic E-state index is 13.1. The van der Waals surface area contributed by atoms with E-state index in [4.69, 9.17) is 13.9 Å². The summed E-state index contributed by atoms with van der Waals surface area (Å²) in [6.07, 6.45) is 5.22. The number of nitrogens with zero attached hydrogens (tertiary/aromatic N) is 1. The van der Waals surface area contributed by atoms with Crippen molar-refractivity contribution < 1.29 is 18.7 Å². The number of hydrogen-bond acceptors (Lipinski definition) is 4. The van der Waals surface area contributed by atoms with Crippen molar-refractivity contribution >= 4 is 16.9 Å². The maximum Gasteiger partial charge on any atom is 0.289 e. The average molecular weight is 343 g/mol. The third kappa shape index (κ3) is 2.91. The van der Waals surface area contributed by atoms with Crippen LogP contribution in [0.15, 0.2) is 22.6 Å². The van der Waals surface area contributed by atoms with E-state index in [1.807, 2.05) is 30.0 Å². The molecule has 1 spiro atoms. The average Bonchev–Trinajstić information content (AvgIpc) is 3.15. The number of hydrogen-bond donors (Lipinski definition) is 0. The van der Waals surface area contributed by atoms with Crippen LogP contribution in [0, 0.1) is 6.92 Å². The normalized spacial score (nSPS) is 24.0. The minimum Gasteiger partial charge on any atom is -0.497 e. The SMILES string of the molecule is COc1ccc2c(C)c(C(=O)N3CCC[C@@]4(CCCO4)CC3)oc2c1. The lowest BCUT2D eigenvalue weighted by atomic mass is 9.92. The van der Waals surface area contributed by atoms with Crippen LogP contribution in [-0.4, -0.2) is 43.2 Å². The van der Waals surface area contributed by atoms with Crippen molar-refractivity contribution in [1.29, 1.82) is 0 Å². The van der Waals surface area contributed by atoms with Gasteiger partial charge in [-0.15, -0.1) is 0 Å². The number of rotatable bonds is 2. The van der Waals surface area contributed by atoms with Gasteiger partial charge in [-0.1, -0.05) is 0 Å². The van der Waals surface area contributed by atoms with Crippen LogP contribution in [0.5, 0.6) is 5.75 Å². The second-order valence-corrected chi connectivity index (χ2v) is 7.20. The summed E-state index contributed by atoms with van der Waals surface area (Å²) >= 11 is 0. The minimum atomic E-state index is -0.0114. The number of carbonyl (C=O) groups excluding carboxylic acids is 1. The largest absolute Gasteiger partial charge is 0.497 e. The zero-order valence-corrected chi connectivity index (χ0v) is 15.0. The number of ether oxygens (including phenoxy) is 2. The molecule has 2 fully saturated rings. The molecule has 5 heteroatoms. The van der Waals surface area contributed by atoms with Gasteiger partial charge in [0, 0.05) is 36.7 Å². The Balaban J connectivity index is 1.58. The number of amides is 1. The molecule has 1 atom stereocenters. The van der Waals surface area contributed by atoms with Crippen molar-refractivity contribution in [2.45, 2.75) is 44.6 Å². The van der Waals surface area contributed by atoms with Gasteiger partial charge in [-0.25, -0.2) is 0 Å². The Labute approximate surface area is 147 Å². The predicted molar refractivity (Wildman–Crippen MR) is 95.2 cm³/mol. The third-order valence-corrected chi connectivity index (χ3v) is 5.71. The molecule has 0 radical (unpaired) electrons. The van der Waals surface area contributed by atoms with Crippen LogP contribution < -0.4 is 4.74 Å². The number of likely N-dealkylation sites (tertiary alicyclic amines) is 1. The molecule has 0 saturated carbocycles. The van der Waals surface area contributed by atoms with E-state index in [0.29, 0.717) is 11.3 Å². The third-order valence-electron chi connectivity index (χ3n) is 5.71. The summed E-state index contributed by atoms with van der Waals surface area (Å²) in [5.74, 6) is 1.17. The van der Waals surface area contributed by atoms with Crippen LogP contribution in [-0.2, 0) is 4.74 Å². The first-order valence-corrected chi connectivity index (χ1v) is 9.12. The number of methoxy groups -OCH3 is 1. The Morgan fingerprint density at radius 2 is 2.04 bits per heavy atom. The van der Waals surface area contributed by atoms with Gasteiger partial charge in [0.05, 0.1) is 12.7 Å². The second-order valence-electron chi connectivity index (χ2n) is 7.20. The molecule has 4 rings (SSSR count). The van der Waals surface area contributed by atoms with Gasteiger partial charge in [-0.2, -0.15) is 0 Å². The number of fused-ring (bicyclic) bond motifs is 1. The molecule has 134 valence electrons. The predicted octanol–water partition coefficient (Wildman–Crippen LogP) is 3.93. The Hall–Kier alpha value is -2.01. The number of carbonyl (C=O) groups is 1. The molecule has 0 N–H and O–H groups in total. The summed E-state index contributed by atoms with van der Waals surface area (Å²) in [6.45, 7) is 4.31. The van der Waals surface area contributed by atoms with E-state index < -0.39 is 0 Å². The van der Waals surface area contributed by atoms with Gasteiger partial charge in [0.15, 0.2) is 5.76 Å². The lowest BCUT2D eigenvalue weighted by Crippen LogP contribution is -2.34. The fourth-order valence-electron chi connectivity index (χ4n) is 4.20. The Kier molecular flexibility index (Phi) is 4.20. The van der Waals surface area contributed by atoms with E-state index >= 15 is 0 Å². The molecule has 1 aromatic heterocycles. The van der Waals surface area contributed by atoms with Crippen molar-refractivity contribution in [3.8, 4) is 5.75 Å². The molecule has 2 aromatic rings. The summed E-state index contributed by atoms with van der Waals surface area (Å²) in [7, 11) is 1.63. The molecule has 1 aromatic carbocycles. The Bertz CT molecular complexity index is 788. The van der Waals surface area contributed by atoms with E-state index in [0.717, 1.165) is 68.5 Å². The quantitative estimate of drug-likeness (QED) is 0.829. The fraction of sp³-hybridized carbons (Fsp3) is 0.550. The van der Waals surface area contributed by atoms with Crippen molar-refractivity contribution in [1.82, 2.24) is 4.90 Å². The summed E-state index contributed by atoms with van der Waals surface area (Å²) in [5, 5.41) is 0.967. The van der Waals surface area contributed by atoms with Crippen LogP contribution in [0.3, 0.4) is 0 Å². The molecule has 0 bridgehead atoms. The van der Waals surface area contributed by atoms with Gasteiger partial charge in [-0.05, 0) is 51.2 Å². The standard InChI is InChI=1S/C20H25NO4/c1-14-16-6-5-15(23-2)13-17(16)25-18(14)19(22)21-10-3-7-20(9-11-21)8-4-12-24-20/h5-6,13H,3-4,7-12H2,1-2H3/t20-/m1/s1. The molecular formula is C20H25NO4. The summed E-state index contributed by atoms with van der Waals surface area (Å²) in [5.41, 5.74) is 1.61. The Morgan fingerprint density at radius 3 is 2.80 bits per heavy atom. The molecule has 3 heterocycles. The summed E-state index contributed by atoms with van der Waals surface area (Å²) < 4.78 is 17.2. The van der Waals surface area contributed by atoms with E-state index in [9.17, 15) is 4.79 Å². The molecule has 5 nitrogen and oxygen atoms in total. The van der Waals surface area contributed by atoms with Gasteiger partial charge in [-0.3, -0.25) is 4.79 Å². The van der Waals surface area contributed by atoms with Gasteiger partial charge < -0.3 is 18.8 Å². The molecule has 0 aliphatic carbocycles. The lowest BCUT2D eigenvalue weighted by molar-refractivity contribution is -0.00697. The van der Waals surface area contributed by atoms with Gasteiger partial charge >= 0.3 is 0 Å². The maximum atomic E-state index is 13.1. The molecule has 2 saturated heterocycles. The first-order valence-electron chi connectivity index (χ1n) is 9.12. The highest BCUT2D eigenvalue weighted by molar-refractivity contribution is 5.99. The smallest absolute Gasteiger partial charge is 0.289 e. The monoisotopic (exact) mass is 343 g/mol. The minimum absolute atomic E-state index is 0.00528. The zero-order valence-electron chi connectivity index (χ0n) is 15.0. The molecule has 2 aliphatic rings. The molecule has 2 aliphatic heterocycles. The highest BCUT2D eigenvalue weighted by atomic mass is 16.5. The van der Waals surface area contributed by atoms with Gasteiger partial charge in [0.2, 0.25) is 0 Å². The first kappa shape index (κ1) is 16.5. The summed E-state index contributed by atoms with van der Waals surface area (Å²) in [4.78, 5) is 15.0. The molecular weight excluding hydrogens is 318 g/mol. The van der Waals surface area contributed by atoms with Crippen molar-refractivity contribution in [3.63, 3.8) is 0 Å². The van der Waals surface area contributed by atoms with Crippen LogP contribution in [0.1, 0.15) is 48.2 Å². The highest BCUT2D eigenvalue weighted by Crippen LogP contribution is 2.36. The topological polar surface area (TPSA) is 51.9 Å².